The van der Waals surface area contributed by atoms with Gasteiger partial charge in [-0.2, -0.15) is 0 Å². The van der Waals surface area contributed by atoms with Gasteiger partial charge in [0.15, 0.2) is 0 Å². The highest BCUT2D eigenvalue weighted by molar-refractivity contribution is 7.13. The second-order valence-corrected chi connectivity index (χ2v) is 5.72. The molecule has 3 aromatic rings. The number of carbonyl (C=O) groups excluding carboxylic acids is 1. The molecule has 0 aliphatic heterocycles. The summed E-state index contributed by atoms with van der Waals surface area (Å²) in [6.07, 6.45) is 1.69. The fraction of sp³-hybridized carbons (Fsp3) is 0.118. The molecule has 0 saturated heterocycles. The number of benzene rings is 1. The Kier molecular flexibility index (Phi) is 4.34. The number of hydrogen-bond acceptors (Lipinski definition) is 5. The molecule has 0 aliphatic rings. The number of amides is 1. The predicted octanol–water partition coefficient (Wildman–Crippen LogP) is 3.84. The van der Waals surface area contributed by atoms with Gasteiger partial charge in [-0.3, -0.25) is 4.79 Å². The third-order valence-electron chi connectivity index (χ3n) is 3.17. The van der Waals surface area contributed by atoms with Crippen LogP contribution in [0.3, 0.4) is 0 Å². The van der Waals surface area contributed by atoms with Gasteiger partial charge < -0.3 is 10.1 Å². The zero-order chi connectivity index (χ0) is 16.2. The highest BCUT2D eigenvalue weighted by Crippen LogP contribution is 2.33. The molecule has 5 nitrogen and oxygen atoms in total. The number of anilines is 1. The summed E-state index contributed by atoms with van der Waals surface area (Å²) >= 11 is 1.54. The molecular weight excluding hydrogens is 310 g/mol. The van der Waals surface area contributed by atoms with E-state index in [4.69, 9.17) is 4.74 Å². The van der Waals surface area contributed by atoms with Gasteiger partial charge >= 0.3 is 0 Å². The van der Waals surface area contributed by atoms with Crippen LogP contribution < -0.4 is 10.1 Å². The average Bonchev–Trinajstić information content (AvgIpc) is 3.04. The lowest BCUT2D eigenvalue weighted by atomic mass is 10.2. The number of rotatable bonds is 4. The molecule has 0 unspecified atom stereocenters. The summed E-state index contributed by atoms with van der Waals surface area (Å²) in [6.45, 7) is 1.49. The van der Waals surface area contributed by atoms with E-state index in [1.54, 1.807) is 13.3 Å². The molecule has 1 amide bonds. The normalized spacial score (nSPS) is 10.3. The topological polar surface area (TPSA) is 64.1 Å². The number of ether oxygens (including phenoxy) is 1. The maximum atomic E-state index is 11.2. The molecule has 2 aromatic heterocycles. The quantitative estimate of drug-likeness (QED) is 0.791. The van der Waals surface area contributed by atoms with Gasteiger partial charge in [0.05, 0.1) is 18.4 Å². The number of hydrogen-bond donors (Lipinski definition) is 1. The van der Waals surface area contributed by atoms with E-state index in [0.29, 0.717) is 5.88 Å². The summed E-state index contributed by atoms with van der Waals surface area (Å²) < 4.78 is 5.28. The van der Waals surface area contributed by atoms with E-state index in [9.17, 15) is 4.79 Å². The Morgan fingerprint density at radius 2 is 2.13 bits per heavy atom. The zero-order valence-corrected chi connectivity index (χ0v) is 13.6. The first-order valence-electron chi connectivity index (χ1n) is 7.00. The van der Waals surface area contributed by atoms with Gasteiger partial charge in [0.1, 0.15) is 5.01 Å². The molecule has 0 saturated carbocycles. The standard InChI is InChI=1S/C17H15N3O2S/c1-11(21)19-13-6-3-5-12(9-13)17-20-15(10-23-17)14-7-4-8-18-16(14)22-2/h3-10H,1-2H3,(H,19,21). The van der Waals surface area contributed by atoms with E-state index in [2.05, 4.69) is 15.3 Å². The number of nitrogens with one attached hydrogen (secondary N) is 1. The van der Waals surface area contributed by atoms with Crippen molar-refractivity contribution in [2.75, 3.05) is 12.4 Å². The van der Waals surface area contributed by atoms with Crippen LogP contribution in [0.2, 0.25) is 0 Å². The number of thiazole rings is 1. The van der Waals surface area contributed by atoms with E-state index in [1.807, 2.05) is 41.8 Å². The van der Waals surface area contributed by atoms with Crippen molar-refractivity contribution in [3.8, 4) is 27.7 Å². The van der Waals surface area contributed by atoms with Crippen LogP contribution in [0.25, 0.3) is 21.8 Å². The fourth-order valence-corrected chi connectivity index (χ4v) is 3.03. The van der Waals surface area contributed by atoms with Crippen LogP contribution in [0.1, 0.15) is 6.92 Å². The molecule has 2 heterocycles. The molecule has 0 aliphatic carbocycles. The van der Waals surface area contributed by atoms with Crippen LogP contribution in [0.4, 0.5) is 5.69 Å². The number of carbonyl (C=O) groups is 1. The minimum absolute atomic E-state index is 0.0953. The Morgan fingerprint density at radius 3 is 2.91 bits per heavy atom. The summed E-state index contributed by atoms with van der Waals surface area (Å²) in [4.78, 5) is 20.0. The molecule has 1 N–H and O–H groups in total. The van der Waals surface area contributed by atoms with Crippen LogP contribution in [0.15, 0.2) is 48.0 Å². The van der Waals surface area contributed by atoms with Crippen molar-refractivity contribution in [3.05, 3.63) is 48.0 Å². The van der Waals surface area contributed by atoms with E-state index >= 15 is 0 Å². The van der Waals surface area contributed by atoms with E-state index < -0.39 is 0 Å². The summed E-state index contributed by atoms with van der Waals surface area (Å²) in [6, 6.07) is 11.4. The third kappa shape index (κ3) is 3.37. The lowest BCUT2D eigenvalue weighted by molar-refractivity contribution is -0.114. The van der Waals surface area contributed by atoms with Crippen LogP contribution in [-0.4, -0.2) is 23.0 Å². The van der Waals surface area contributed by atoms with Gasteiger partial charge in [0, 0.05) is 29.8 Å². The minimum Gasteiger partial charge on any atom is -0.481 e. The lowest BCUT2D eigenvalue weighted by Gasteiger charge is -2.04. The molecule has 0 radical (unpaired) electrons. The first-order chi connectivity index (χ1) is 11.2. The van der Waals surface area contributed by atoms with E-state index in [1.165, 1.54) is 18.3 Å². The van der Waals surface area contributed by atoms with Crippen LogP contribution in [0.5, 0.6) is 5.88 Å². The van der Waals surface area contributed by atoms with Gasteiger partial charge in [-0.25, -0.2) is 9.97 Å². The number of pyridine rings is 1. The van der Waals surface area contributed by atoms with Gasteiger partial charge in [-0.15, -0.1) is 11.3 Å². The number of aromatic nitrogens is 2. The van der Waals surface area contributed by atoms with E-state index in [0.717, 1.165) is 27.5 Å². The second kappa shape index (κ2) is 6.58. The molecule has 1 aromatic carbocycles. The summed E-state index contributed by atoms with van der Waals surface area (Å²) in [7, 11) is 1.59. The van der Waals surface area contributed by atoms with Crippen LogP contribution >= 0.6 is 11.3 Å². The van der Waals surface area contributed by atoms with E-state index in [-0.39, 0.29) is 5.91 Å². The van der Waals surface area contributed by atoms with Crippen molar-refractivity contribution in [1.29, 1.82) is 0 Å². The second-order valence-electron chi connectivity index (χ2n) is 4.86. The SMILES string of the molecule is COc1ncccc1-c1csc(-c2cccc(NC(C)=O)c2)n1. The van der Waals surface area contributed by atoms with Crippen molar-refractivity contribution in [3.63, 3.8) is 0 Å². The first-order valence-corrected chi connectivity index (χ1v) is 7.88. The monoisotopic (exact) mass is 325 g/mol. The molecule has 3 rings (SSSR count). The van der Waals surface area contributed by atoms with Crippen molar-refractivity contribution in [2.45, 2.75) is 6.92 Å². The Labute approximate surface area is 138 Å². The van der Waals surface area contributed by atoms with Gasteiger partial charge in [-0.05, 0) is 24.3 Å². The first kappa shape index (κ1) is 15.2. The molecule has 0 spiro atoms. The summed E-state index contributed by atoms with van der Waals surface area (Å²) in [5, 5.41) is 5.62. The fourth-order valence-electron chi connectivity index (χ4n) is 2.21. The highest BCUT2D eigenvalue weighted by atomic mass is 32.1. The lowest BCUT2D eigenvalue weighted by Crippen LogP contribution is -2.05. The maximum absolute atomic E-state index is 11.2. The molecule has 0 bridgehead atoms. The molecule has 0 fully saturated rings. The highest BCUT2D eigenvalue weighted by Gasteiger charge is 2.12. The zero-order valence-electron chi connectivity index (χ0n) is 12.7. The minimum atomic E-state index is -0.0953. The third-order valence-corrected chi connectivity index (χ3v) is 4.07. The predicted molar refractivity (Wildman–Crippen MR) is 91.6 cm³/mol. The smallest absolute Gasteiger partial charge is 0.222 e. The van der Waals surface area contributed by atoms with Gasteiger partial charge in [0.25, 0.3) is 0 Å². The van der Waals surface area contributed by atoms with Gasteiger partial charge in [-0.1, -0.05) is 12.1 Å². The average molecular weight is 325 g/mol. The number of nitrogens with zero attached hydrogens (tertiary/aromatic N) is 2. The number of methoxy groups -OCH3 is 1. The molecular formula is C17H15N3O2S. The van der Waals surface area contributed by atoms with Crippen LogP contribution in [-0.2, 0) is 4.79 Å². The Morgan fingerprint density at radius 1 is 1.26 bits per heavy atom. The summed E-state index contributed by atoms with van der Waals surface area (Å²) in [5.41, 5.74) is 3.39. The maximum Gasteiger partial charge on any atom is 0.222 e. The molecule has 23 heavy (non-hydrogen) atoms. The van der Waals surface area contributed by atoms with Gasteiger partial charge in [0.2, 0.25) is 11.8 Å². The van der Waals surface area contributed by atoms with Crippen molar-refractivity contribution in [1.82, 2.24) is 9.97 Å². The summed E-state index contributed by atoms with van der Waals surface area (Å²) in [5.74, 6) is 0.457. The Hall–Kier alpha value is -2.73. The largest absolute Gasteiger partial charge is 0.481 e. The van der Waals surface area contributed by atoms with Crippen molar-refractivity contribution < 1.29 is 9.53 Å². The Balaban J connectivity index is 1.94. The van der Waals surface area contributed by atoms with Crippen molar-refractivity contribution >= 4 is 22.9 Å². The molecule has 6 heteroatoms. The molecule has 116 valence electrons. The van der Waals surface area contributed by atoms with Crippen molar-refractivity contribution in [2.24, 2.45) is 0 Å². The van der Waals surface area contributed by atoms with Crippen LogP contribution in [0, 0.1) is 0 Å². The Bertz CT molecular complexity index is 845. The molecule has 0 atom stereocenters.